The van der Waals surface area contributed by atoms with Crippen LogP contribution >= 0.6 is 11.6 Å². The van der Waals surface area contributed by atoms with Gasteiger partial charge in [-0.25, -0.2) is 17.2 Å². The highest BCUT2D eigenvalue weighted by atomic mass is 35.5. The molecular weight excluding hydrogens is 658 g/mol. The highest BCUT2D eigenvalue weighted by molar-refractivity contribution is 7.89. The Morgan fingerprint density at radius 1 is 1.02 bits per heavy atom. The van der Waals surface area contributed by atoms with E-state index in [4.69, 9.17) is 22.1 Å². The van der Waals surface area contributed by atoms with Gasteiger partial charge in [-0.2, -0.15) is 4.31 Å². The Morgan fingerprint density at radius 2 is 1.71 bits per heavy atom. The standard InChI is InChI=1S/C36H39ClF2N4O4S/c1-23-21-41-22-28(43(23)48(45,46)30-17-15-29(47-2)16-18-30)11-5-12-31-32(39)13-6-14-33(31)42-36(44)35(40)34(24-7-3-9-26(37)19-24)25-8-4-10-27(38)20-25/h3-4,6-10,13-20,23,28,34-35,41H,5,11-12,21-22,40H2,1-2H3,(H,42,44). The van der Waals surface area contributed by atoms with Gasteiger partial charge in [-0.1, -0.05) is 41.9 Å². The summed E-state index contributed by atoms with van der Waals surface area (Å²) in [5.74, 6) is -1.75. The fraction of sp³-hybridized carbons (Fsp3) is 0.306. The van der Waals surface area contributed by atoms with Crippen molar-refractivity contribution in [2.24, 2.45) is 5.73 Å². The molecule has 5 rings (SSSR count). The van der Waals surface area contributed by atoms with Gasteiger partial charge in [0.1, 0.15) is 17.4 Å². The summed E-state index contributed by atoms with van der Waals surface area (Å²) in [5, 5.41) is 6.55. The number of hydrogen-bond acceptors (Lipinski definition) is 6. The van der Waals surface area contributed by atoms with Gasteiger partial charge in [-0.15, -0.1) is 0 Å². The molecule has 4 atom stereocenters. The number of nitrogens with one attached hydrogen (secondary N) is 2. The Kier molecular flexibility index (Phi) is 11.5. The van der Waals surface area contributed by atoms with Gasteiger partial charge < -0.3 is 21.1 Å². The van der Waals surface area contributed by atoms with Gasteiger partial charge in [0, 0.05) is 47.4 Å². The second-order valence-electron chi connectivity index (χ2n) is 11.9. The van der Waals surface area contributed by atoms with Crippen LogP contribution in [-0.2, 0) is 21.2 Å². The topological polar surface area (TPSA) is 114 Å². The Morgan fingerprint density at radius 3 is 2.40 bits per heavy atom. The monoisotopic (exact) mass is 696 g/mol. The van der Waals surface area contributed by atoms with Gasteiger partial charge >= 0.3 is 0 Å². The first-order chi connectivity index (χ1) is 23.0. The van der Waals surface area contributed by atoms with E-state index in [-0.39, 0.29) is 34.7 Å². The molecule has 4 aromatic rings. The van der Waals surface area contributed by atoms with Gasteiger partial charge in [0.05, 0.1) is 18.0 Å². The van der Waals surface area contributed by atoms with Crippen molar-refractivity contribution in [2.45, 2.75) is 55.1 Å². The Hall–Kier alpha value is -3.87. The quantitative estimate of drug-likeness (QED) is 0.165. The molecule has 4 N–H and O–H groups in total. The number of carbonyl (C=O) groups excluding carboxylic acids is 1. The van der Waals surface area contributed by atoms with Gasteiger partial charge in [-0.05, 0) is 98.0 Å². The molecule has 1 aliphatic heterocycles. The van der Waals surface area contributed by atoms with Crippen LogP contribution in [-0.4, -0.2) is 57.0 Å². The number of amides is 1. The summed E-state index contributed by atoms with van der Waals surface area (Å²) >= 11 is 6.25. The van der Waals surface area contributed by atoms with Crippen LogP contribution in [0, 0.1) is 11.6 Å². The van der Waals surface area contributed by atoms with E-state index < -0.39 is 39.5 Å². The summed E-state index contributed by atoms with van der Waals surface area (Å²) in [7, 11) is -2.30. The molecule has 1 saturated heterocycles. The second-order valence-corrected chi connectivity index (χ2v) is 14.2. The number of piperazine rings is 1. The van der Waals surface area contributed by atoms with Crippen molar-refractivity contribution in [3.8, 4) is 5.75 Å². The maximum absolute atomic E-state index is 15.3. The molecule has 4 unspecified atom stereocenters. The molecule has 0 aromatic heterocycles. The highest BCUT2D eigenvalue weighted by Gasteiger charge is 2.37. The summed E-state index contributed by atoms with van der Waals surface area (Å²) < 4.78 is 63.7. The molecule has 0 spiro atoms. The van der Waals surface area contributed by atoms with Gasteiger partial charge in [0.2, 0.25) is 15.9 Å². The van der Waals surface area contributed by atoms with E-state index in [9.17, 15) is 17.6 Å². The molecule has 12 heteroatoms. The molecule has 254 valence electrons. The number of carbonyl (C=O) groups is 1. The molecule has 1 amide bonds. The summed E-state index contributed by atoms with van der Waals surface area (Å²) in [5.41, 5.74) is 8.20. The largest absolute Gasteiger partial charge is 0.497 e. The van der Waals surface area contributed by atoms with Crippen LogP contribution in [0.2, 0.25) is 5.02 Å². The average molecular weight is 697 g/mol. The lowest BCUT2D eigenvalue weighted by molar-refractivity contribution is -0.117. The highest BCUT2D eigenvalue weighted by Crippen LogP contribution is 2.32. The van der Waals surface area contributed by atoms with E-state index in [1.807, 2.05) is 6.92 Å². The number of benzene rings is 4. The van der Waals surface area contributed by atoms with Crippen molar-refractivity contribution in [3.63, 3.8) is 0 Å². The normalized spacial score (nSPS) is 18.2. The summed E-state index contributed by atoms with van der Waals surface area (Å²) in [4.78, 5) is 13.8. The van der Waals surface area contributed by atoms with E-state index in [0.717, 1.165) is 0 Å². The molecule has 0 aliphatic carbocycles. The molecular formula is C36H39ClF2N4O4S. The Balaban J connectivity index is 1.33. The number of halogens is 3. The molecule has 0 saturated carbocycles. The minimum absolute atomic E-state index is 0.173. The van der Waals surface area contributed by atoms with Crippen LogP contribution < -0.4 is 21.1 Å². The van der Waals surface area contributed by atoms with Crippen LogP contribution in [0.25, 0.3) is 0 Å². The number of nitrogens with zero attached hydrogens (tertiary/aromatic N) is 1. The Bertz CT molecular complexity index is 1800. The van der Waals surface area contributed by atoms with Crippen LogP contribution in [0.1, 0.15) is 42.4 Å². The minimum atomic E-state index is -3.82. The van der Waals surface area contributed by atoms with Crippen LogP contribution in [0.4, 0.5) is 14.5 Å². The Labute approximate surface area is 285 Å². The zero-order chi connectivity index (χ0) is 34.4. The van der Waals surface area contributed by atoms with Crippen LogP contribution in [0.15, 0.2) is 95.9 Å². The van der Waals surface area contributed by atoms with Crippen molar-refractivity contribution < 1.29 is 26.7 Å². The third-order valence-corrected chi connectivity index (χ3v) is 11.0. The van der Waals surface area contributed by atoms with Crippen molar-refractivity contribution in [2.75, 3.05) is 25.5 Å². The van der Waals surface area contributed by atoms with E-state index in [1.165, 1.54) is 47.8 Å². The average Bonchev–Trinajstić information content (AvgIpc) is 3.06. The fourth-order valence-electron chi connectivity index (χ4n) is 6.35. The zero-order valence-corrected chi connectivity index (χ0v) is 28.3. The number of sulfonamides is 1. The van der Waals surface area contributed by atoms with Gasteiger partial charge in [-0.3, -0.25) is 4.79 Å². The SMILES string of the molecule is COc1ccc(S(=O)(=O)N2C(C)CNCC2CCCc2c(F)cccc2NC(=O)C(N)C(c2cccc(F)c2)c2cccc(Cl)c2)cc1. The summed E-state index contributed by atoms with van der Waals surface area (Å²) in [6, 6.07) is 21.6. The molecule has 1 fully saturated rings. The third-order valence-electron chi connectivity index (χ3n) is 8.67. The smallest absolute Gasteiger partial charge is 0.243 e. The van der Waals surface area contributed by atoms with Gasteiger partial charge in [0.15, 0.2) is 0 Å². The number of rotatable bonds is 12. The van der Waals surface area contributed by atoms with E-state index in [2.05, 4.69) is 10.6 Å². The first kappa shape index (κ1) is 35.4. The third kappa shape index (κ3) is 8.04. The lowest BCUT2D eigenvalue weighted by Gasteiger charge is -2.40. The number of anilines is 1. The summed E-state index contributed by atoms with van der Waals surface area (Å²) in [6.07, 6.45) is 1.13. The van der Waals surface area contributed by atoms with E-state index in [0.29, 0.717) is 47.8 Å². The lowest BCUT2D eigenvalue weighted by atomic mass is 9.85. The molecule has 48 heavy (non-hydrogen) atoms. The number of hydrogen-bond donors (Lipinski definition) is 3. The second kappa shape index (κ2) is 15.6. The van der Waals surface area contributed by atoms with E-state index in [1.54, 1.807) is 54.6 Å². The molecule has 1 aliphatic rings. The van der Waals surface area contributed by atoms with Gasteiger partial charge in [0.25, 0.3) is 0 Å². The number of ether oxygens (including phenoxy) is 1. The van der Waals surface area contributed by atoms with E-state index >= 15 is 4.39 Å². The number of methoxy groups -OCH3 is 1. The molecule has 8 nitrogen and oxygen atoms in total. The van der Waals surface area contributed by atoms with Crippen LogP contribution in [0.5, 0.6) is 5.75 Å². The first-order valence-corrected chi connectivity index (χ1v) is 17.5. The van der Waals surface area contributed by atoms with Crippen molar-refractivity contribution in [1.29, 1.82) is 0 Å². The first-order valence-electron chi connectivity index (χ1n) is 15.7. The predicted molar refractivity (Wildman–Crippen MR) is 184 cm³/mol. The maximum Gasteiger partial charge on any atom is 0.243 e. The summed E-state index contributed by atoms with van der Waals surface area (Å²) in [6.45, 7) is 2.80. The zero-order valence-electron chi connectivity index (χ0n) is 26.7. The molecule has 1 heterocycles. The minimum Gasteiger partial charge on any atom is -0.497 e. The van der Waals surface area contributed by atoms with Crippen molar-refractivity contribution in [1.82, 2.24) is 9.62 Å². The molecule has 0 bridgehead atoms. The molecule has 0 radical (unpaired) electrons. The lowest BCUT2D eigenvalue weighted by Crippen LogP contribution is -2.58. The predicted octanol–water partition coefficient (Wildman–Crippen LogP) is 6.10. The fourth-order valence-corrected chi connectivity index (χ4v) is 8.39. The maximum atomic E-state index is 15.3. The van der Waals surface area contributed by atoms with Crippen molar-refractivity contribution in [3.05, 3.63) is 124 Å². The molecule has 4 aromatic carbocycles. The van der Waals surface area contributed by atoms with Crippen molar-refractivity contribution >= 4 is 33.2 Å². The van der Waals surface area contributed by atoms with Crippen LogP contribution in [0.3, 0.4) is 0 Å². The number of nitrogens with two attached hydrogens (primary N) is 1.